The maximum atomic E-state index is 12.8. The van der Waals surface area contributed by atoms with Crippen molar-refractivity contribution in [3.8, 4) is 11.5 Å². The lowest BCUT2D eigenvalue weighted by atomic mass is 10.0. The van der Waals surface area contributed by atoms with Crippen molar-refractivity contribution in [3.63, 3.8) is 0 Å². The average molecular weight is 498 g/mol. The van der Waals surface area contributed by atoms with Gasteiger partial charge in [-0.2, -0.15) is 26.3 Å². The van der Waals surface area contributed by atoms with Gasteiger partial charge in [-0.1, -0.05) is 36.4 Å². The van der Waals surface area contributed by atoms with Crippen LogP contribution in [0.1, 0.15) is 11.1 Å². The van der Waals surface area contributed by atoms with Crippen molar-refractivity contribution in [2.45, 2.75) is 25.2 Å². The Kier molecular flexibility index (Phi) is 4.87. The first-order valence-electron chi connectivity index (χ1n) is 11.1. The normalized spacial score (nSPS) is 12.9. The molecular weight excluding hydrogens is 482 g/mol. The minimum absolute atomic E-state index is 0.181. The number of hydrogen-bond acceptors (Lipinski definition) is 2. The predicted octanol–water partition coefficient (Wildman–Crippen LogP) is 9.36. The topological polar surface area (TPSA) is 26.3 Å². The summed E-state index contributed by atoms with van der Waals surface area (Å²) in [6.07, 6.45) is -10.6. The van der Waals surface area contributed by atoms with Crippen molar-refractivity contribution in [1.82, 2.24) is 0 Å². The first-order valence-corrected chi connectivity index (χ1v) is 11.1. The van der Waals surface area contributed by atoms with E-state index in [0.717, 1.165) is 10.8 Å². The molecule has 4 aromatic carbocycles. The Bertz CT molecular complexity index is 1640. The molecule has 0 saturated heterocycles. The van der Waals surface area contributed by atoms with E-state index in [1.807, 2.05) is 0 Å². The van der Waals surface area contributed by atoms with E-state index in [9.17, 15) is 26.3 Å². The molecule has 2 heterocycles. The molecule has 0 atom stereocenters. The zero-order chi connectivity index (χ0) is 25.2. The molecule has 0 spiro atoms. The zero-order valence-electron chi connectivity index (χ0n) is 18.4. The molecule has 0 bridgehead atoms. The van der Waals surface area contributed by atoms with E-state index in [1.165, 1.54) is 24.3 Å². The summed E-state index contributed by atoms with van der Waals surface area (Å²) >= 11 is 0. The summed E-state index contributed by atoms with van der Waals surface area (Å²) in [7, 11) is 0. The third-order valence-corrected chi connectivity index (χ3v) is 6.13. The largest absolute Gasteiger partial charge is 0.453 e. The van der Waals surface area contributed by atoms with E-state index in [0.29, 0.717) is 44.2 Å². The fourth-order valence-corrected chi connectivity index (χ4v) is 4.59. The average Bonchev–Trinajstić information content (AvgIpc) is 3.36. The highest BCUT2D eigenvalue weighted by Crippen LogP contribution is 2.36. The van der Waals surface area contributed by atoms with Crippen molar-refractivity contribution in [2.24, 2.45) is 0 Å². The minimum atomic E-state index is -4.29. The predicted molar refractivity (Wildman–Crippen MR) is 126 cm³/mol. The van der Waals surface area contributed by atoms with Crippen molar-refractivity contribution >= 4 is 43.5 Å². The third kappa shape index (κ3) is 4.39. The lowest BCUT2D eigenvalue weighted by molar-refractivity contribution is -0.128. The molecule has 36 heavy (non-hydrogen) atoms. The summed E-state index contributed by atoms with van der Waals surface area (Å²) in [5.74, 6) is 0.877. The van der Waals surface area contributed by atoms with Gasteiger partial charge in [0.05, 0.1) is 12.8 Å². The van der Waals surface area contributed by atoms with Crippen LogP contribution in [-0.2, 0) is 12.8 Å². The van der Waals surface area contributed by atoms with Gasteiger partial charge < -0.3 is 8.83 Å². The summed E-state index contributed by atoms with van der Waals surface area (Å²) in [6.45, 7) is 0. The summed E-state index contributed by atoms with van der Waals surface area (Å²) in [6, 6.07) is 19.8. The molecule has 0 fully saturated rings. The van der Waals surface area contributed by atoms with Crippen LogP contribution in [-0.4, -0.2) is 12.4 Å². The van der Waals surface area contributed by atoms with Gasteiger partial charge >= 0.3 is 12.4 Å². The van der Waals surface area contributed by atoms with Gasteiger partial charge in [0, 0.05) is 10.8 Å². The van der Waals surface area contributed by atoms with Crippen molar-refractivity contribution in [3.05, 3.63) is 83.9 Å². The van der Waals surface area contributed by atoms with Crippen LogP contribution in [0.2, 0.25) is 0 Å². The minimum Gasteiger partial charge on any atom is -0.453 e. The standard InChI is InChI=1S/C28H16F6O2/c29-27(30,31)13-15-1-3-17-9-23-21(7-19(17)5-15)11-25(35-23)26-12-22-8-20-6-16(14-28(32,33)34)2-4-18(20)10-24(22)36-26/h1-12H,13-14H2. The molecule has 0 saturated carbocycles. The van der Waals surface area contributed by atoms with Crippen molar-refractivity contribution in [2.75, 3.05) is 0 Å². The number of halogens is 6. The maximum Gasteiger partial charge on any atom is 0.393 e. The number of benzene rings is 4. The van der Waals surface area contributed by atoms with Gasteiger partial charge in [0.1, 0.15) is 11.2 Å². The highest BCUT2D eigenvalue weighted by atomic mass is 19.4. The third-order valence-electron chi connectivity index (χ3n) is 6.13. The van der Waals surface area contributed by atoms with E-state index in [4.69, 9.17) is 8.83 Å². The molecular formula is C28H16F6O2. The molecule has 0 unspecified atom stereocenters. The van der Waals surface area contributed by atoms with E-state index in [-0.39, 0.29) is 11.1 Å². The summed E-state index contributed by atoms with van der Waals surface area (Å²) < 4.78 is 88.6. The Morgan fingerprint density at radius 1 is 0.444 bits per heavy atom. The van der Waals surface area contributed by atoms with Gasteiger partial charge in [-0.3, -0.25) is 0 Å². The molecule has 182 valence electrons. The van der Waals surface area contributed by atoms with Crippen LogP contribution in [0.25, 0.3) is 55.0 Å². The van der Waals surface area contributed by atoms with E-state index >= 15 is 0 Å². The Morgan fingerprint density at radius 3 is 1.25 bits per heavy atom. The first-order chi connectivity index (χ1) is 17.0. The Balaban J connectivity index is 1.38. The highest BCUT2D eigenvalue weighted by Gasteiger charge is 2.28. The van der Waals surface area contributed by atoms with Crippen LogP contribution in [0, 0.1) is 0 Å². The lowest BCUT2D eigenvalue weighted by Gasteiger charge is -2.07. The van der Waals surface area contributed by atoms with Crippen LogP contribution in [0.4, 0.5) is 26.3 Å². The molecule has 2 nitrogen and oxygen atoms in total. The number of furan rings is 2. The Labute approximate surface area is 199 Å². The van der Waals surface area contributed by atoms with Gasteiger partial charge in [-0.05, 0) is 69.1 Å². The Hall–Kier alpha value is -3.94. The van der Waals surface area contributed by atoms with Crippen LogP contribution in [0.15, 0.2) is 81.6 Å². The molecule has 0 radical (unpaired) electrons. The summed E-state index contributed by atoms with van der Waals surface area (Å²) in [5.41, 5.74) is 1.48. The van der Waals surface area contributed by atoms with Crippen molar-refractivity contribution < 1.29 is 35.2 Å². The second-order valence-corrected chi connectivity index (χ2v) is 8.95. The molecule has 0 aliphatic carbocycles. The SMILES string of the molecule is FC(F)(F)Cc1ccc2cc3oc(-c4cc5cc6cc(CC(F)(F)F)ccc6cc5o4)cc3cc2c1. The smallest absolute Gasteiger partial charge is 0.393 e. The number of fused-ring (bicyclic) bond motifs is 4. The van der Waals surface area contributed by atoms with Gasteiger partial charge in [0.15, 0.2) is 11.5 Å². The van der Waals surface area contributed by atoms with Crippen molar-refractivity contribution in [1.29, 1.82) is 0 Å². The molecule has 0 aliphatic heterocycles. The summed E-state index contributed by atoms with van der Waals surface area (Å²) in [4.78, 5) is 0. The van der Waals surface area contributed by atoms with E-state index in [2.05, 4.69) is 0 Å². The first kappa shape index (κ1) is 22.5. The van der Waals surface area contributed by atoms with Crippen LogP contribution >= 0.6 is 0 Å². The second kappa shape index (κ2) is 7.78. The molecule has 8 heteroatoms. The fraction of sp³-hybridized carbons (Fsp3) is 0.143. The highest BCUT2D eigenvalue weighted by molar-refractivity contribution is 6.00. The van der Waals surface area contributed by atoms with Crippen LogP contribution < -0.4 is 0 Å². The molecule has 0 aliphatic rings. The quantitative estimate of drug-likeness (QED) is 0.227. The number of rotatable bonds is 3. The van der Waals surface area contributed by atoms with E-state index in [1.54, 1.807) is 48.5 Å². The number of hydrogen-bond donors (Lipinski definition) is 0. The molecule has 6 rings (SSSR count). The monoisotopic (exact) mass is 498 g/mol. The second-order valence-electron chi connectivity index (χ2n) is 8.95. The molecule has 6 aromatic rings. The summed E-state index contributed by atoms with van der Waals surface area (Å²) in [5, 5.41) is 4.26. The molecule has 2 aromatic heterocycles. The zero-order valence-corrected chi connectivity index (χ0v) is 18.4. The van der Waals surface area contributed by atoms with Gasteiger partial charge in [-0.15, -0.1) is 0 Å². The van der Waals surface area contributed by atoms with Crippen LogP contribution in [0.5, 0.6) is 0 Å². The molecule has 0 N–H and O–H groups in total. The lowest BCUT2D eigenvalue weighted by Crippen LogP contribution is -2.11. The Morgan fingerprint density at radius 2 is 0.861 bits per heavy atom. The number of alkyl halides is 6. The van der Waals surface area contributed by atoms with E-state index < -0.39 is 25.2 Å². The molecule has 0 amide bonds. The van der Waals surface area contributed by atoms with Crippen LogP contribution in [0.3, 0.4) is 0 Å². The van der Waals surface area contributed by atoms with Gasteiger partial charge in [0.25, 0.3) is 0 Å². The fourth-order valence-electron chi connectivity index (χ4n) is 4.59. The van der Waals surface area contributed by atoms with Gasteiger partial charge in [0.2, 0.25) is 0 Å². The maximum absolute atomic E-state index is 12.8. The van der Waals surface area contributed by atoms with Gasteiger partial charge in [-0.25, -0.2) is 0 Å².